The van der Waals surface area contributed by atoms with Crippen LogP contribution in [0.5, 0.6) is 0 Å². The molecule has 0 saturated carbocycles. The quantitative estimate of drug-likeness (QED) is 0.642. The average molecular weight is 284 g/mol. The van der Waals surface area contributed by atoms with Gasteiger partial charge in [-0.15, -0.1) is 0 Å². The fourth-order valence-electron chi connectivity index (χ4n) is 1.97. The monoisotopic (exact) mass is 283 g/mol. The van der Waals surface area contributed by atoms with Crippen LogP contribution >= 0.6 is 11.6 Å². The van der Waals surface area contributed by atoms with E-state index in [1.165, 1.54) is 37.8 Å². The molecule has 3 heteroatoms. The standard InChI is InChI=1S/C16H23ClFN/c1-4-5-6-7-12(2)11-19-13(3)14-8-15(17)10-16(18)9-14/h8-10,12,19H,3-7,11H2,1-2H3. The number of rotatable bonds is 8. The summed E-state index contributed by atoms with van der Waals surface area (Å²) in [5.41, 5.74) is 1.44. The molecular weight excluding hydrogens is 261 g/mol. The number of nitrogens with one attached hydrogen (secondary N) is 1. The highest BCUT2D eigenvalue weighted by atomic mass is 35.5. The van der Waals surface area contributed by atoms with Crippen LogP contribution in [-0.2, 0) is 0 Å². The highest BCUT2D eigenvalue weighted by molar-refractivity contribution is 6.30. The van der Waals surface area contributed by atoms with Gasteiger partial charge in [0.15, 0.2) is 0 Å². The van der Waals surface area contributed by atoms with Crippen LogP contribution in [0, 0.1) is 11.7 Å². The maximum Gasteiger partial charge on any atom is 0.125 e. The molecule has 0 fully saturated rings. The first kappa shape index (κ1) is 16.0. The molecule has 1 nitrogen and oxygen atoms in total. The minimum absolute atomic E-state index is 0.332. The third kappa shape index (κ3) is 6.11. The second-order valence-corrected chi connectivity index (χ2v) is 5.55. The van der Waals surface area contributed by atoms with E-state index in [0.29, 0.717) is 16.5 Å². The van der Waals surface area contributed by atoms with Crippen molar-refractivity contribution in [3.8, 4) is 0 Å². The Morgan fingerprint density at radius 1 is 1.37 bits per heavy atom. The van der Waals surface area contributed by atoms with Gasteiger partial charge >= 0.3 is 0 Å². The van der Waals surface area contributed by atoms with Crippen molar-refractivity contribution in [1.82, 2.24) is 5.32 Å². The molecule has 0 spiro atoms. The lowest BCUT2D eigenvalue weighted by atomic mass is 10.0. The largest absolute Gasteiger partial charge is 0.385 e. The SMILES string of the molecule is C=C(NCC(C)CCCCC)c1cc(F)cc(Cl)c1. The molecule has 1 atom stereocenters. The summed E-state index contributed by atoms with van der Waals surface area (Å²) in [5, 5.41) is 3.66. The van der Waals surface area contributed by atoms with Gasteiger partial charge in [0.25, 0.3) is 0 Å². The summed E-state index contributed by atoms with van der Waals surface area (Å²) in [5.74, 6) is 0.258. The molecule has 0 aliphatic carbocycles. The van der Waals surface area contributed by atoms with Gasteiger partial charge in [-0.05, 0) is 30.5 Å². The van der Waals surface area contributed by atoms with E-state index in [4.69, 9.17) is 11.6 Å². The molecule has 0 amide bonds. The smallest absolute Gasteiger partial charge is 0.125 e. The van der Waals surface area contributed by atoms with Crippen molar-refractivity contribution < 1.29 is 4.39 Å². The molecule has 0 bridgehead atoms. The Balaban J connectivity index is 2.42. The molecule has 106 valence electrons. The van der Waals surface area contributed by atoms with Crippen LogP contribution in [0.25, 0.3) is 5.70 Å². The Kier molecular flexibility index (Phi) is 6.93. The van der Waals surface area contributed by atoms with E-state index in [-0.39, 0.29) is 5.82 Å². The maximum atomic E-state index is 13.2. The Labute approximate surface area is 120 Å². The zero-order valence-electron chi connectivity index (χ0n) is 11.8. The topological polar surface area (TPSA) is 12.0 Å². The predicted molar refractivity (Wildman–Crippen MR) is 81.8 cm³/mol. The lowest BCUT2D eigenvalue weighted by molar-refractivity contribution is 0.485. The number of benzene rings is 1. The maximum absolute atomic E-state index is 13.2. The van der Waals surface area contributed by atoms with Crippen molar-refractivity contribution in [2.75, 3.05) is 6.54 Å². The highest BCUT2D eigenvalue weighted by Crippen LogP contribution is 2.19. The van der Waals surface area contributed by atoms with E-state index in [2.05, 4.69) is 25.7 Å². The van der Waals surface area contributed by atoms with Crippen molar-refractivity contribution >= 4 is 17.3 Å². The lowest BCUT2D eigenvalue weighted by Crippen LogP contribution is -2.19. The van der Waals surface area contributed by atoms with Gasteiger partial charge in [-0.3, -0.25) is 0 Å². The van der Waals surface area contributed by atoms with E-state index in [1.807, 2.05) is 0 Å². The van der Waals surface area contributed by atoms with E-state index in [1.54, 1.807) is 6.07 Å². The first-order chi connectivity index (χ1) is 9.02. The van der Waals surface area contributed by atoms with E-state index >= 15 is 0 Å². The van der Waals surface area contributed by atoms with Gasteiger partial charge < -0.3 is 5.32 Å². The predicted octanol–water partition coefficient (Wildman–Crippen LogP) is 5.26. The minimum Gasteiger partial charge on any atom is -0.385 e. The molecular formula is C16H23ClFN. The summed E-state index contributed by atoms with van der Waals surface area (Å²) in [6.07, 6.45) is 5.00. The van der Waals surface area contributed by atoms with Gasteiger partial charge in [-0.2, -0.15) is 0 Å². The van der Waals surface area contributed by atoms with Crippen molar-refractivity contribution in [2.45, 2.75) is 39.5 Å². The van der Waals surface area contributed by atoms with Crippen LogP contribution in [0.4, 0.5) is 4.39 Å². The molecule has 1 aromatic carbocycles. The van der Waals surface area contributed by atoms with Gasteiger partial charge in [0.1, 0.15) is 5.82 Å². The van der Waals surface area contributed by atoms with Gasteiger partial charge in [-0.1, -0.05) is 51.3 Å². The Hall–Kier alpha value is -1.02. The van der Waals surface area contributed by atoms with Gasteiger partial charge in [-0.25, -0.2) is 4.39 Å². The molecule has 0 saturated heterocycles. The zero-order chi connectivity index (χ0) is 14.3. The van der Waals surface area contributed by atoms with Gasteiger partial charge in [0.2, 0.25) is 0 Å². The first-order valence-corrected chi connectivity index (χ1v) is 7.30. The van der Waals surface area contributed by atoms with Crippen LogP contribution < -0.4 is 5.32 Å². The van der Waals surface area contributed by atoms with Crippen LogP contribution in [0.1, 0.15) is 45.1 Å². The Morgan fingerprint density at radius 3 is 2.74 bits per heavy atom. The van der Waals surface area contributed by atoms with E-state index in [0.717, 1.165) is 12.2 Å². The van der Waals surface area contributed by atoms with Crippen LogP contribution in [0.3, 0.4) is 0 Å². The Morgan fingerprint density at radius 2 is 2.11 bits per heavy atom. The normalized spacial score (nSPS) is 12.2. The number of halogens is 2. The van der Waals surface area contributed by atoms with Crippen LogP contribution in [0.15, 0.2) is 24.8 Å². The van der Waals surface area contributed by atoms with E-state index < -0.39 is 0 Å². The molecule has 1 rings (SSSR count). The van der Waals surface area contributed by atoms with Gasteiger partial charge in [0, 0.05) is 22.8 Å². The molecule has 1 unspecified atom stereocenters. The summed E-state index contributed by atoms with van der Waals surface area (Å²) in [4.78, 5) is 0. The van der Waals surface area contributed by atoms with E-state index in [9.17, 15) is 4.39 Å². The van der Waals surface area contributed by atoms with Crippen molar-refractivity contribution in [3.05, 3.63) is 41.2 Å². The number of unbranched alkanes of at least 4 members (excludes halogenated alkanes) is 2. The third-order valence-electron chi connectivity index (χ3n) is 3.18. The number of hydrogen-bond acceptors (Lipinski definition) is 1. The molecule has 19 heavy (non-hydrogen) atoms. The fourth-order valence-corrected chi connectivity index (χ4v) is 2.19. The summed E-state index contributed by atoms with van der Waals surface area (Å²) >= 11 is 5.83. The van der Waals surface area contributed by atoms with Crippen LogP contribution in [-0.4, -0.2) is 6.54 Å². The average Bonchev–Trinajstić information content (AvgIpc) is 2.35. The Bertz CT molecular complexity index is 397. The summed E-state index contributed by atoms with van der Waals surface area (Å²) in [6.45, 7) is 9.22. The molecule has 0 aliphatic rings. The molecule has 0 aliphatic heterocycles. The second-order valence-electron chi connectivity index (χ2n) is 5.12. The minimum atomic E-state index is -0.332. The molecule has 0 aromatic heterocycles. The fraction of sp³-hybridized carbons (Fsp3) is 0.500. The first-order valence-electron chi connectivity index (χ1n) is 6.92. The second kappa shape index (κ2) is 8.21. The molecule has 1 N–H and O–H groups in total. The van der Waals surface area contributed by atoms with Crippen molar-refractivity contribution in [2.24, 2.45) is 5.92 Å². The zero-order valence-corrected chi connectivity index (χ0v) is 12.6. The molecule has 0 radical (unpaired) electrons. The number of hydrogen-bond donors (Lipinski definition) is 1. The third-order valence-corrected chi connectivity index (χ3v) is 3.39. The molecule has 0 heterocycles. The summed E-state index contributed by atoms with van der Waals surface area (Å²) in [6, 6.07) is 4.47. The van der Waals surface area contributed by atoms with Crippen molar-refractivity contribution in [3.63, 3.8) is 0 Å². The summed E-state index contributed by atoms with van der Waals surface area (Å²) < 4.78 is 13.2. The lowest BCUT2D eigenvalue weighted by Gasteiger charge is -2.15. The van der Waals surface area contributed by atoms with Crippen LogP contribution in [0.2, 0.25) is 5.02 Å². The molecule has 1 aromatic rings. The highest BCUT2D eigenvalue weighted by Gasteiger charge is 2.05. The summed E-state index contributed by atoms with van der Waals surface area (Å²) in [7, 11) is 0. The van der Waals surface area contributed by atoms with Crippen molar-refractivity contribution in [1.29, 1.82) is 0 Å². The van der Waals surface area contributed by atoms with Gasteiger partial charge in [0.05, 0.1) is 0 Å².